The average molecular weight is 657 g/mol. The van der Waals surface area contributed by atoms with Gasteiger partial charge in [-0.1, -0.05) is 155 Å². The molecule has 0 heterocycles. The van der Waals surface area contributed by atoms with Gasteiger partial charge in [0.2, 0.25) is 0 Å². The third-order valence-corrected chi connectivity index (χ3v) is 8.79. The van der Waals surface area contributed by atoms with Crippen molar-refractivity contribution in [3.05, 3.63) is 0 Å². The lowest BCUT2D eigenvalue weighted by Crippen LogP contribution is -2.41. The maximum absolute atomic E-state index is 9.36. The van der Waals surface area contributed by atoms with Crippen LogP contribution in [0.2, 0.25) is 0 Å². The number of rotatable bonds is 36. The minimum atomic E-state index is -2.55. The van der Waals surface area contributed by atoms with Gasteiger partial charge in [0.1, 0.15) is 0 Å². The van der Waals surface area contributed by atoms with Gasteiger partial charge in [-0.15, -0.1) is 0 Å². The predicted octanol–water partition coefficient (Wildman–Crippen LogP) is 9.86. The summed E-state index contributed by atoms with van der Waals surface area (Å²) in [5.74, 6) is 0. The molecule has 0 aliphatic heterocycles. The number of hydrogen-bond acceptors (Lipinski definition) is 8. The monoisotopic (exact) mass is 656 g/mol. The van der Waals surface area contributed by atoms with Crippen molar-refractivity contribution in [1.82, 2.24) is 0 Å². The lowest BCUT2D eigenvalue weighted by Gasteiger charge is -2.32. The highest BCUT2D eigenvalue weighted by atomic mass is 31.2. The third kappa shape index (κ3) is 32.3. The molecular weight excluding hydrogens is 586 g/mol. The molecule has 8 nitrogen and oxygen atoms in total. The van der Waals surface area contributed by atoms with Crippen molar-refractivity contribution in [2.75, 3.05) is 39.6 Å². The highest BCUT2D eigenvalue weighted by molar-refractivity contribution is 7.39. The van der Waals surface area contributed by atoms with Crippen LogP contribution < -0.4 is 0 Å². The van der Waals surface area contributed by atoms with E-state index in [2.05, 4.69) is 13.8 Å². The molecule has 0 radical (unpaired) electrons. The van der Waals surface area contributed by atoms with Crippen molar-refractivity contribution in [3.8, 4) is 0 Å². The normalized spacial score (nSPS) is 12.3. The summed E-state index contributed by atoms with van der Waals surface area (Å²) in [7, 11) is -5.11. The van der Waals surface area contributed by atoms with E-state index >= 15 is 0 Å². The lowest BCUT2D eigenvalue weighted by atomic mass is 9.92. The fraction of sp³-hybridized carbons (Fsp3) is 1.00. The van der Waals surface area contributed by atoms with E-state index in [4.69, 9.17) is 18.5 Å². The molecule has 0 aliphatic carbocycles. The molecule has 0 saturated carbocycles. The Morgan fingerprint density at radius 2 is 0.628 bits per heavy atom. The number of unbranched alkanes of at least 4 members (excludes halogenated alkanes) is 22. The van der Waals surface area contributed by atoms with Crippen LogP contribution in [0.5, 0.6) is 0 Å². The molecule has 0 amide bonds. The van der Waals surface area contributed by atoms with Gasteiger partial charge in [-0.3, -0.25) is 0 Å². The zero-order valence-corrected chi connectivity index (χ0v) is 29.8. The Kier molecular flexibility index (Phi) is 34.3. The second-order valence-electron chi connectivity index (χ2n) is 12.4. The molecule has 0 saturated heterocycles. The molecule has 0 fully saturated rings. The van der Waals surface area contributed by atoms with Crippen LogP contribution in [-0.4, -0.2) is 59.2 Å². The van der Waals surface area contributed by atoms with Gasteiger partial charge in [-0.05, 0) is 12.8 Å². The second kappa shape index (κ2) is 33.9. The maximum atomic E-state index is 9.36. The SMILES string of the molecule is CCCCCCCCCCCCCCOCC(COCCCCCCCCCCCCCC)(COP(O)O)COP(O)O. The average Bonchev–Trinajstić information content (AvgIpc) is 2.99. The molecule has 43 heavy (non-hydrogen) atoms. The van der Waals surface area contributed by atoms with Gasteiger partial charge in [0.05, 0.1) is 31.8 Å². The van der Waals surface area contributed by atoms with Gasteiger partial charge >= 0.3 is 17.2 Å². The number of ether oxygens (including phenoxy) is 2. The van der Waals surface area contributed by atoms with Crippen LogP contribution in [0.25, 0.3) is 0 Å². The fourth-order valence-corrected chi connectivity index (χ4v) is 6.09. The first-order valence-electron chi connectivity index (χ1n) is 17.7. The number of hydrogen-bond donors (Lipinski definition) is 4. The van der Waals surface area contributed by atoms with E-state index < -0.39 is 22.6 Å². The smallest absolute Gasteiger partial charge is 0.327 e. The largest absolute Gasteiger partial charge is 0.381 e. The minimum absolute atomic E-state index is 0.0637. The molecule has 0 rings (SSSR count). The summed E-state index contributed by atoms with van der Waals surface area (Å²) in [6.07, 6.45) is 30.7. The third-order valence-electron chi connectivity index (χ3n) is 8.07. The van der Waals surface area contributed by atoms with Gasteiger partial charge < -0.3 is 38.1 Å². The maximum Gasteiger partial charge on any atom is 0.327 e. The van der Waals surface area contributed by atoms with E-state index in [1.165, 1.54) is 128 Å². The molecule has 4 N–H and O–H groups in total. The molecule has 0 bridgehead atoms. The van der Waals surface area contributed by atoms with E-state index in [1.807, 2.05) is 0 Å². The molecule has 0 aliphatic rings. The Morgan fingerprint density at radius 3 is 0.884 bits per heavy atom. The topological polar surface area (TPSA) is 118 Å². The zero-order valence-electron chi connectivity index (χ0n) is 28.0. The van der Waals surface area contributed by atoms with Crippen LogP contribution in [0.15, 0.2) is 0 Å². The zero-order chi connectivity index (χ0) is 31.7. The molecule has 0 atom stereocenters. The van der Waals surface area contributed by atoms with Gasteiger partial charge in [0.25, 0.3) is 0 Å². The second-order valence-corrected chi connectivity index (χ2v) is 14.0. The molecule has 0 aromatic heterocycles. The molecule has 260 valence electrons. The first-order valence-corrected chi connectivity index (χ1v) is 20.1. The Hall–Kier alpha value is 0.540. The van der Waals surface area contributed by atoms with Crippen molar-refractivity contribution in [1.29, 1.82) is 0 Å². The van der Waals surface area contributed by atoms with E-state index in [1.54, 1.807) is 0 Å². The molecule has 0 aromatic rings. The Bertz CT molecular complexity index is 497. The first-order chi connectivity index (χ1) is 21.0. The molecule has 10 heteroatoms. The van der Waals surface area contributed by atoms with Crippen molar-refractivity contribution < 1.29 is 38.1 Å². The minimum Gasteiger partial charge on any atom is -0.381 e. The van der Waals surface area contributed by atoms with Crippen molar-refractivity contribution in [2.45, 2.75) is 168 Å². The summed E-state index contributed by atoms with van der Waals surface area (Å²) >= 11 is 0. The van der Waals surface area contributed by atoms with Gasteiger partial charge in [0.15, 0.2) is 0 Å². The predicted molar refractivity (Wildman–Crippen MR) is 181 cm³/mol. The summed E-state index contributed by atoms with van der Waals surface area (Å²) in [6, 6.07) is 0. The van der Waals surface area contributed by atoms with E-state index in [0.29, 0.717) is 13.2 Å². The van der Waals surface area contributed by atoms with Crippen LogP contribution in [0.4, 0.5) is 0 Å². The van der Waals surface area contributed by atoms with Crippen LogP contribution in [0.3, 0.4) is 0 Å². The summed E-state index contributed by atoms with van der Waals surface area (Å²) in [5.41, 5.74) is -0.855. The van der Waals surface area contributed by atoms with Crippen molar-refractivity contribution >= 4 is 17.2 Å². The standard InChI is InChI=1S/C33H70O8P2/c1-3-5-7-9-11-13-15-17-19-21-23-25-27-38-29-33(31-40-42(34)35,32-41-43(36)37)30-39-28-26-24-22-20-18-16-14-12-10-8-6-4-2/h34-37H,3-32H2,1-2H3. The van der Waals surface area contributed by atoms with Crippen LogP contribution >= 0.6 is 17.2 Å². The van der Waals surface area contributed by atoms with Gasteiger partial charge in [0, 0.05) is 13.2 Å². The Labute approximate surface area is 268 Å². The Balaban J connectivity index is 4.21. The van der Waals surface area contributed by atoms with E-state index in [0.717, 1.165) is 25.7 Å². The molecular formula is C33H70O8P2. The highest BCUT2D eigenvalue weighted by Crippen LogP contribution is 2.34. The van der Waals surface area contributed by atoms with Crippen molar-refractivity contribution in [2.24, 2.45) is 5.41 Å². The van der Waals surface area contributed by atoms with Gasteiger partial charge in [-0.25, -0.2) is 0 Å². The van der Waals surface area contributed by atoms with E-state index in [-0.39, 0.29) is 26.4 Å². The lowest BCUT2D eigenvalue weighted by molar-refractivity contribution is -0.0703. The summed E-state index contributed by atoms with van der Waals surface area (Å²) in [4.78, 5) is 37.5. The molecule has 0 spiro atoms. The Morgan fingerprint density at radius 1 is 0.372 bits per heavy atom. The molecule has 0 unspecified atom stereocenters. The van der Waals surface area contributed by atoms with Crippen LogP contribution in [0, 0.1) is 5.41 Å². The van der Waals surface area contributed by atoms with Crippen LogP contribution in [-0.2, 0) is 18.5 Å². The van der Waals surface area contributed by atoms with Gasteiger partial charge in [-0.2, -0.15) is 0 Å². The summed E-state index contributed by atoms with van der Waals surface area (Å²) in [6.45, 7) is 5.98. The first kappa shape index (κ1) is 43.5. The molecule has 0 aromatic carbocycles. The van der Waals surface area contributed by atoms with Crippen molar-refractivity contribution in [3.63, 3.8) is 0 Å². The quantitative estimate of drug-likeness (QED) is 0.0389. The highest BCUT2D eigenvalue weighted by Gasteiger charge is 2.34. The summed E-state index contributed by atoms with van der Waals surface area (Å²) < 4.78 is 22.3. The summed E-state index contributed by atoms with van der Waals surface area (Å²) in [5, 5.41) is 0. The fourth-order valence-electron chi connectivity index (χ4n) is 5.31. The van der Waals surface area contributed by atoms with E-state index in [9.17, 15) is 19.6 Å². The van der Waals surface area contributed by atoms with Crippen LogP contribution in [0.1, 0.15) is 168 Å².